The Morgan fingerprint density at radius 3 is 2.55 bits per heavy atom. The molecule has 1 aromatic heterocycles. The van der Waals surface area contributed by atoms with Gasteiger partial charge in [0.25, 0.3) is 5.91 Å². The van der Waals surface area contributed by atoms with Gasteiger partial charge in [-0.3, -0.25) is 14.2 Å². The second-order valence-electron chi connectivity index (χ2n) is 9.02. The summed E-state index contributed by atoms with van der Waals surface area (Å²) in [6.07, 6.45) is 2.04. The van der Waals surface area contributed by atoms with Gasteiger partial charge in [-0.25, -0.2) is 0 Å². The number of anilines is 1. The lowest BCUT2D eigenvalue weighted by atomic mass is 10.2. The van der Waals surface area contributed by atoms with Crippen LogP contribution in [0.25, 0.3) is 5.69 Å². The molecular weight excluding hydrogens is 526 g/mol. The predicted octanol–water partition coefficient (Wildman–Crippen LogP) is 5.42. The minimum absolute atomic E-state index is 0.120. The lowest BCUT2D eigenvalue weighted by Gasteiger charge is -2.14. The maximum absolute atomic E-state index is 12.9. The van der Waals surface area contributed by atoms with Gasteiger partial charge in [0.15, 0.2) is 11.0 Å². The molecule has 2 N–H and O–H groups in total. The molecule has 0 atom stereocenters. The molecule has 0 radical (unpaired) electrons. The first-order chi connectivity index (χ1) is 19.5. The third-order valence-electron chi connectivity index (χ3n) is 5.95. The summed E-state index contributed by atoms with van der Waals surface area (Å²) < 4.78 is 13.1. The van der Waals surface area contributed by atoms with E-state index in [-0.39, 0.29) is 24.1 Å². The second-order valence-corrected chi connectivity index (χ2v) is 9.96. The molecule has 0 aliphatic carbocycles. The van der Waals surface area contributed by atoms with Gasteiger partial charge in [-0.05, 0) is 67.4 Å². The van der Waals surface area contributed by atoms with Crippen molar-refractivity contribution in [1.29, 1.82) is 0 Å². The molecule has 2 amide bonds. The molecule has 0 saturated heterocycles. The summed E-state index contributed by atoms with van der Waals surface area (Å²) >= 11 is 1.25. The van der Waals surface area contributed by atoms with Crippen LogP contribution >= 0.6 is 11.8 Å². The van der Waals surface area contributed by atoms with Crippen LogP contribution in [0.15, 0.2) is 78.0 Å². The number of benzene rings is 3. The summed E-state index contributed by atoms with van der Waals surface area (Å²) in [4.78, 5) is 25.6. The van der Waals surface area contributed by atoms with Crippen LogP contribution in [0.5, 0.6) is 11.5 Å². The van der Waals surface area contributed by atoms with Crippen molar-refractivity contribution in [1.82, 2.24) is 20.1 Å². The van der Waals surface area contributed by atoms with E-state index in [1.807, 2.05) is 55.5 Å². The number of methoxy groups -OCH3 is 1. The van der Waals surface area contributed by atoms with Crippen molar-refractivity contribution in [2.24, 2.45) is 0 Å². The topological polar surface area (TPSA) is 107 Å². The van der Waals surface area contributed by atoms with E-state index < -0.39 is 0 Å². The van der Waals surface area contributed by atoms with Crippen LogP contribution < -0.4 is 20.1 Å². The number of para-hydroxylation sites is 2. The smallest absolute Gasteiger partial charge is 0.251 e. The van der Waals surface area contributed by atoms with Crippen molar-refractivity contribution in [3.05, 3.63) is 89.7 Å². The summed E-state index contributed by atoms with van der Waals surface area (Å²) in [6, 6.07) is 22.1. The molecule has 0 aliphatic heterocycles. The zero-order chi connectivity index (χ0) is 28.3. The van der Waals surface area contributed by atoms with Gasteiger partial charge in [0.2, 0.25) is 5.91 Å². The number of hydrogen-bond acceptors (Lipinski definition) is 7. The summed E-state index contributed by atoms with van der Waals surface area (Å²) in [5, 5.41) is 15.0. The van der Waals surface area contributed by atoms with Crippen LogP contribution in [-0.4, -0.2) is 46.0 Å². The van der Waals surface area contributed by atoms with E-state index in [4.69, 9.17) is 9.47 Å². The Kier molecular flexibility index (Phi) is 10.2. The average molecular weight is 560 g/mol. The molecule has 3 aromatic carbocycles. The summed E-state index contributed by atoms with van der Waals surface area (Å²) in [5.41, 5.74) is 3.01. The molecular formula is C30H33N5O4S. The van der Waals surface area contributed by atoms with Crippen LogP contribution in [-0.2, 0) is 11.3 Å². The van der Waals surface area contributed by atoms with E-state index in [1.165, 1.54) is 11.8 Å². The Balaban J connectivity index is 1.47. The first-order valence-electron chi connectivity index (χ1n) is 13.1. The molecule has 0 fully saturated rings. The van der Waals surface area contributed by atoms with Crippen LogP contribution in [0.4, 0.5) is 5.69 Å². The molecule has 208 valence electrons. The number of rotatable bonds is 13. The van der Waals surface area contributed by atoms with E-state index in [0.717, 1.165) is 29.8 Å². The Labute approximate surface area is 238 Å². The number of ether oxygens (including phenoxy) is 2. The molecule has 0 bridgehead atoms. The Hall–Kier alpha value is -4.31. The van der Waals surface area contributed by atoms with E-state index in [2.05, 4.69) is 27.8 Å². The molecule has 0 aliphatic rings. The monoisotopic (exact) mass is 559 g/mol. The third-order valence-corrected chi connectivity index (χ3v) is 6.88. The highest BCUT2D eigenvalue weighted by Gasteiger charge is 2.19. The number of aryl methyl sites for hydroxylation is 1. The number of carbonyl (C=O) groups excluding carboxylic acids is 2. The van der Waals surface area contributed by atoms with E-state index in [0.29, 0.717) is 34.6 Å². The van der Waals surface area contributed by atoms with Crippen LogP contribution in [0.3, 0.4) is 0 Å². The van der Waals surface area contributed by atoms with E-state index in [1.54, 1.807) is 35.9 Å². The Morgan fingerprint density at radius 1 is 1.00 bits per heavy atom. The van der Waals surface area contributed by atoms with Crippen LogP contribution in [0, 0.1) is 6.92 Å². The SMILES string of the molecule is CCCCOc1ccc(C(=O)NCc2nnc(SCC(=O)Nc3cccc(C)c3)n2-c2ccccc2OC)cc1. The molecule has 9 nitrogen and oxygen atoms in total. The number of amides is 2. The quantitative estimate of drug-likeness (QED) is 0.166. The van der Waals surface area contributed by atoms with Crippen molar-refractivity contribution in [3.63, 3.8) is 0 Å². The third kappa shape index (κ3) is 7.63. The van der Waals surface area contributed by atoms with Gasteiger partial charge in [0.05, 0.1) is 31.7 Å². The minimum Gasteiger partial charge on any atom is -0.495 e. The molecule has 0 unspecified atom stereocenters. The number of carbonyl (C=O) groups is 2. The summed E-state index contributed by atoms with van der Waals surface area (Å²) in [7, 11) is 1.59. The number of nitrogens with one attached hydrogen (secondary N) is 2. The zero-order valence-electron chi connectivity index (χ0n) is 22.8. The van der Waals surface area contributed by atoms with Crippen LogP contribution in [0.1, 0.15) is 41.5 Å². The first kappa shape index (κ1) is 28.7. The average Bonchev–Trinajstić information content (AvgIpc) is 3.37. The number of unbranched alkanes of at least 4 members (excludes halogenated alkanes) is 1. The first-order valence-corrected chi connectivity index (χ1v) is 14.0. The predicted molar refractivity (Wildman–Crippen MR) is 156 cm³/mol. The van der Waals surface area contributed by atoms with Gasteiger partial charge < -0.3 is 20.1 Å². The number of hydrogen-bond donors (Lipinski definition) is 2. The molecule has 40 heavy (non-hydrogen) atoms. The lowest BCUT2D eigenvalue weighted by Crippen LogP contribution is -2.24. The van der Waals surface area contributed by atoms with E-state index >= 15 is 0 Å². The number of aromatic nitrogens is 3. The maximum atomic E-state index is 12.9. The fraction of sp³-hybridized carbons (Fsp3) is 0.267. The molecule has 4 rings (SSSR count). The Bertz CT molecular complexity index is 1440. The summed E-state index contributed by atoms with van der Waals surface area (Å²) in [5.74, 6) is 1.55. The lowest BCUT2D eigenvalue weighted by molar-refractivity contribution is -0.113. The largest absolute Gasteiger partial charge is 0.495 e. The highest BCUT2D eigenvalue weighted by atomic mass is 32.2. The van der Waals surface area contributed by atoms with Gasteiger partial charge in [-0.2, -0.15) is 0 Å². The molecule has 1 heterocycles. The van der Waals surface area contributed by atoms with Crippen molar-refractivity contribution in [3.8, 4) is 17.2 Å². The fourth-order valence-electron chi connectivity index (χ4n) is 3.91. The standard InChI is InChI=1S/C30H33N5O4S/c1-4-5-17-39-24-15-13-22(14-16-24)29(37)31-19-27-33-34-30(35(27)25-11-6-7-12-26(25)38-3)40-20-28(36)32-23-10-8-9-21(2)18-23/h6-16,18H,4-5,17,19-20H2,1-3H3,(H,31,37)(H,32,36). The molecule has 0 saturated carbocycles. The van der Waals surface area contributed by atoms with Crippen molar-refractivity contribution in [2.45, 2.75) is 38.4 Å². The van der Waals surface area contributed by atoms with Crippen molar-refractivity contribution < 1.29 is 19.1 Å². The fourth-order valence-corrected chi connectivity index (χ4v) is 4.68. The highest BCUT2D eigenvalue weighted by Crippen LogP contribution is 2.29. The second kappa shape index (κ2) is 14.2. The van der Waals surface area contributed by atoms with Crippen molar-refractivity contribution in [2.75, 3.05) is 24.8 Å². The minimum atomic E-state index is -0.249. The van der Waals surface area contributed by atoms with Gasteiger partial charge in [0, 0.05) is 11.3 Å². The van der Waals surface area contributed by atoms with Crippen molar-refractivity contribution >= 4 is 29.3 Å². The Morgan fingerprint density at radius 2 is 1.80 bits per heavy atom. The maximum Gasteiger partial charge on any atom is 0.251 e. The van der Waals surface area contributed by atoms with Gasteiger partial charge in [-0.15, -0.1) is 10.2 Å². The van der Waals surface area contributed by atoms with Gasteiger partial charge in [0.1, 0.15) is 11.5 Å². The highest BCUT2D eigenvalue weighted by molar-refractivity contribution is 7.99. The van der Waals surface area contributed by atoms with Gasteiger partial charge in [-0.1, -0.05) is 49.4 Å². The number of nitrogens with zero attached hydrogens (tertiary/aromatic N) is 3. The zero-order valence-corrected chi connectivity index (χ0v) is 23.7. The molecule has 0 spiro atoms. The van der Waals surface area contributed by atoms with Gasteiger partial charge >= 0.3 is 0 Å². The number of thioether (sulfide) groups is 1. The molecule has 10 heteroatoms. The summed E-state index contributed by atoms with van der Waals surface area (Å²) in [6.45, 7) is 4.85. The normalized spacial score (nSPS) is 10.7. The van der Waals surface area contributed by atoms with E-state index in [9.17, 15) is 9.59 Å². The molecule has 4 aromatic rings. The van der Waals surface area contributed by atoms with Crippen LogP contribution in [0.2, 0.25) is 0 Å².